The standard InChI is InChI=1S/C25H27N/c1-19-7-13-23(14-8-19)26(24-15-9-20(2)10-16-24)25-17-11-22(12-18-25)21-5-3-4-6-21/h7-18,21H,3-6H2,1-2H3. The van der Waals surface area contributed by atoms with Crippen LogP contribution in [0.15, 0.2) is 72.8 Å². The van der Waals surface area contributed by atoms with Gasteiger partial charge in [0.25, 0.3) is 0 Å². The van der Waals surface area contributed by atoms with Crippen molar-refractivity contribution in [1.29, 1.82) is 0 Å². The Bertz CT molecular complexity index is 793. The van der Waals surface area contributed by atoms with E-state index in [9.17, 15) is 0 Å². The molecule has 0 atom stereocenters. The van der Waals surface area contributed by atoms with Gasteiger partial charge in [-0.05, 0) is 74.6 Å². The van der Waals surface area contributed by atoms with Crippen LogP contribution in [0.25, 0.3) is 0 Å². The molecule has 0 amide bonds. The Morgan fingerprint density at radius 3 is 1.38 bits per heavy atom. The molecule has 1 nitrogen and oxygen atoms in total. The van der Waals surface area contributed by atoms with Crippen LogP contribution in [-0.2, 0) is 0 Å². The molecule has 0 bridgehead atoms. The predicted molar refractivity (Wildman–Crippen MR) is 112 cm³/mol. The van der Waals surface area contributed by atoms with Gasteiger partial charge in [-0.15, -0.1) is 0 Å². The summed E-state index contributed by atoms with van der Waals surface area (Å²) >= 11 is 0. The molecule has 0 N–H and O–H groups in total. The van der Waals surface area contributed by atoms with Gasteiger partial charge >= 0.3 is 0 Å². The van der Waals surface area contributed by atoms with Crippen LogP contribution in [0, 0.1) is 13.8 Å². The van der Waals surface area contributed by atoms with Crippen molar-refractivity contribution in [3.05, 3.63) is 89.5 Å². The third kappa shape index (κ3) is 3.53. The number of nitrogens with zero attached hydrogens (tertiary/aromatic N) is 1. The highest BCUT2D eigenvalue weighted by Gasteiger charge is 2.18. The number of hydrogen-bond acceptors (Lipinski definition) is 1. The molecule has 4 rings (SSSR count). The van der Waals surface area contributed by atoms with Crippen LogP contribution < -0.4 is 4.90 Å². The lowest BCUT2D eigenvalue weighted by atomic mass is 9.97. The Kier molecular flexibility index (Phi) is 4.79. The van der Waals surface area contributed by atoms with E-state index in [2.05, 4.69) is 91.5 Å². The molecule has 3 aromatic rings. The summed E-state index contributed by atoms with van der Waals surface area (Å²) in [5, 5.41) is 0. The fourth-order valence-electron chi connectivity index (χ4n) is 3.99. The molecule has 3 aromatic carbocycles. The highest BCUT2D eigenvalue weighted by atomic mass is 15.1. The van der Waals surface area contributed by atoms with Crippen LogP contribution in [0.1, 0.15) is 48.3 Å². The Morgan fingerprint density at radius 1 is 0.577 bits per heavy atom. The highest BCUT2D eigenvalue weighted by Crippen LogP contribution is 2.38. The molecule has 1 heteroatoms. The van der Waals surface area contributed by atoms with E-state index < -0.39 is 0 Å². The van der Waals surface area contributed by atoms with E-state index in [-0.39, 0.29) is 0 Å². The van der Waals surface area contributed by atoms with Gasteiger partial charge in [0.15, 0.2) is 0 Å². The number of anilines is 3. The first-order valence-electron chi connectivity index (χ1n) is 9.74. The molecular weight excluding hydrogens is 314 g/mol. The molecule has 0 unspecified atom stereocenters. The molecule has 1 aliphatic rings. The number of benzene rings is 3. The molecule has 1 saturated carbocycles. The van der Waals surface area contributed by atoms with Crippen LogP contribution in [-0.4, -0.2) is 0 Å². The maximum atomic E-state index is 2.34. The van der Waals surface area contributed by atoms with E-state index in [0.29, 0.717) is 0 Å². The number of aryl methyl sites for hydroxylation is 2. The normalized spacial score (nSPS) is 14.5. The molecular formula is C25H27N. The molecule has 0 saturated heterocycles. The summed E-state index contributed by atoms with van der Waals surface area (Å²) < 4.78 is 0. The fraction of sp³-hybridized carbons (Fsp3) is 0.280. The number of hydrogen-bond donors (Lipinski definition) is 0. The van der Waals surface area contributed by atoms with Gasteiger partial charge < -0.3 is 4.90 Å². The zero-order valence-corrected chi connectivity index (χ0v) is 15.8. The highest BCUT2D eigenvalue weighted by molar-refractivity contribution is 5.76. The topological polar surface area (TPSA) is 3.24 Å². The summed E-state index contributed by atoms with van der Waals surface area (Å²) in [5.41, 5.74) is 7.70. The molecule has 0 aromatic heterocycles. The second-order valence-corrected chi connectivity index (χ2v) is 7.58. The minimum absolute atomic E-state index is 0.760. The van der Waals surface area contributed by atoms with Crippen molar-refractivity contribution in [2.75, 3.05) is 4.90 Å². The first-order valence-corrected chi connectivity index (χ1v) is 9.74. The largest absolute Gasteiger partial charge is 0.311 e. The van der Waals surface area contributed by atoms with Crippen molar-refractivity contribution in [3.63, 3.8) is 0 Å². The average Bonchev–Trinajstić information content (AvgIpc) is 3.20. The summed E-state index contributed by atoms with van der Waals surface area (Å²) in [5.74, 6) is 0.760. The van der Waals surface area contributed by atoms with Gasteiger partial charge in [-0.2, -0.15) is 0 Å². The van der Waals surface area contributed by atoms with E-state index in [1.807, 2.05) is 0 Å². The van der Waals surface area contributed by atoms with Crippen LogP contribution in [0.5, 0.6) is 0 Å². The summed E-state index contributed by atoms with van der Waals surface area (Å²) in [6.07, 6.45) is 5.45. The van der Waals surface area contributed by atoms with Crippen LogP contribution >= 0.6 is 0 Å². The third-order valence-corrected chi connectivity index (χ3v) is 5.56. The maximum absolute atomic E-state index is 2.34. The summed E-state index contributed by atoms with van der Waals surface area (Å²) in [6, 6.07) is 26.8. The molecule has 0 radical (unpaired) electrons. The quantitative estimate of drug-likeness (QED) is 0.477. The van der Waals surface area contributed by atoms with Gasteiger partial charge in [0, 0.05) is 17.1 Å². The van der Waals surface area contributed by atoms with Gasteiger partial charge in [0.1, 0.15) is 0 Å². The minimum Gasteiger partial charge on any atom is -0.311 e. The Balaban J connectivity index is 1.72. The van der Waals surface area contributed by atoms with Gasteiger partial charge in [0.05, 0.1) is 0 Å². The van der Waals surface area contributed by atoms with Gasteiger partial charge in [-0.3, -0.25) is 0 Å². The summed E-state index contributed by atoms with van der Waals surface area (Å²) in [7, 11) is 0. The smallest absolute Gasteiger partial charge is 0.0461 e. The fourth-order valence-corrected chi connectivity index (χ4v) is 3.99. The first-order chi connectivity index (χ1) is 12.7. The van der Waals surface area contributed by atoms with Crippen molar-refractivity contribution in [3.8, 4) is 0 Å². The second kappa shape index (κ2) is 7.37. The molecule has 0 aliphatic heterocycles. The van der Waals surface area contributed by atoms with Crippen LogP contribution in [0.4, 0.5) is 17.1 Å². The third-order valence-electron chi connectivity index (χ3n) is 5.56. The second-order valence-electron chi connectivity index (χ2n) is 7.58. The summed E-state index contributed by atoms with van der Waals surface area (Å²) in [6.45, 7) is 4.27. The Labute approximate surface area is 157 Å². The SMILES string of the molecule is Cc1ccc(N(c2ccc(C)cc2)c2ccc(C3CCCC3)cc2)cc1. The lowest BCUT2D eigenvalue weighted by Gasteiger charge is -2.26. The predicted octanol–water partition coefficient (Wildman–Crippen LogP) is 7.43. The Hall–Kier alpha value is -2.54. The molecule has 0 spiro atoms. The van der Waals surface area contributed by atoms with Crippen molar-refractivity contribution < 1.29 is 0 Å². The van der Waals surface area contributed by atoms with Gasteiger partial charge in [-0.1, -0.05) is 60.4 Å². The maximum Gasteiger partial charge on any atom is 0.0461 e. The lowest BCUT2D eigenvalue weighted by Crippen LogP contribution is -2.10. The van der Waals surface area contributed by atoms with Crippen LogP contribution in [0.3, 0.4) is 0 Å². The molecule has 26 heavy (non-hydrogen) atoms. The van der Waals surface area contributed by atoms with E-state index >= 15 is 0 Å². The Morgan fingerprint density at radius 2 is 0.962 bits per heavy atom. The zero-order valence-electron chi connectivity index (χ0n) is 15.8. The van der Waals surface area contributed by atoms with Crippen LogP contribution in [0.2, 0.25) is 0 Å². The summed E-state index contributed by atoms with van der Waals surface area (Å²) in [4.78, 5) is 2.34. The minimum atomic E-state index is 0.760. The van der Waals surface area contributed by atoms with E-state index in [1.165, 1.54) is 59.4 Å². The van der Waals surface area contributed by atoms with Gasteiger partial charge in [0.2, 0.25) is 0 Å². The van der Waals surface area contributed by atoms with E-state index in [1.54, 1.807) is 0 Å². The lowest BCUT2D eigenvalue weighted by molar-refractivity contribution is 0.723. The zero-order chi connectivity index (χ0) is 17.9. The number of rotatable bonds is 4. The van der Waals surface area contributed by atoms with Crippen molar-refractivity contribution in [1.82, 2.24) is 0 Å². The molecule has 1 fully saturated rings. The molecule has 0 heterocycles. The van der Waals surface area contributed by atoms with Crippen molar-refractivity contribution >= 4 is 17.1 Å². The van der Waals surface area contributed by atoms with E-state index in [4.69, 9.17) is 0 Å². The average molecular weight is 341 g/mol. The van der Waals surface area contributed by atoms with E-state index in [0.717, 1.165) is 5.92 Å². The van der Waals surface area contributed by atoms with Gasteiger partial charge in [-0.25, -0.2) is 0 Å². The van der Waals surface area contributed by atoms with Crippen molar-refractivity contribution in [2.45, 2.75) is 45.4 Å². The molecule has 132 valence electrons. The molecule has 1 aliphatic carbocycles. The van der Waals surface area contributed by atoms with Crippen molar-refractivity contribution in [2.24, 2.45) is 0 Å². The monoisotopic (exact) mass is 341 g/mol. The first kappa shape index (κ1) is 16.9.